The molecule has 3 aromatic carbocycles. The van der Waals surface area contributed by atoms with Crippen LogP contribution in [0.2, 0.25) is 0 Å². The molecule has 0 spiro atoms. The Hall–Kier alpha value is -2.87. The van der Waals surface area contributed by atoms with Crippen molar-refractivity contribution in [1.29, 1.82) is 0 Å². The minimum Gasteiger partial charge on any atom is -0.425 e. The summed E-state index contributed by atoms with van der Waals surface area (Å²) in [6.45, 7) is 0. The molecule has 0 saturated carbocycles. The lowest BCUT2D eigenvalue weighted by Crippen LogP contribution is -2.11. The fourth-order valence-corrected chi connectivity index (χ4v) is 3.74. The van der Waals surface area contributed by atoms with Gasteiger partial charge in [0.1, 0.15) is 11.7 Å². The van der Waals surface area contributed by atoms with Gasteiger partial charge in [0.15, 0.2) is 0 Å². The molecule has 1 aliphatic carbocycles. The van der Waals surface area contributed by atoms with E-state index in [4.69, 9.17) is 4.74 Å². The monoisotopic (exact) mass is 298 g/mol. The van der Waals surface area contributed by atoms with Crippen molar-refractivity contribution in [2.45, 2.75) is 12.3 Å². The maximum absolute atomic E-state index is 12.4. The first kappa shape index (κ1) is 12.7. The molecule has 1 unspecified atom stereocenters. The average Bonchev–Trinajstić information content (AvgIpc) is 3.11. The normalized spacial score (nSPS) is 17.4. The second kappa shape index (κ2) is 4.56. The van der Waals surface area contributed by atoms with Crippen molar-refractivity contribution in [2.75, 3.05) is 0 Å². The van der Waals surface area contributed by atoms with Crippen LogP contribution in [0.3, 0.4) is 0 Å². The van der Waals surface area contributed by atoms with E-state index in [1.54, 1.807) is 0 Å². The van der Waals surface area contributed by atoms with Crippen molar-refractivity contribution in [2.24, 2.45) is 0 Å². The molecule has 0 aromatic heterocycles. The molecule has 0 radical (unpaired) electrons. The molecular formula is C21H14O2. The quantitative estimate of drug-likeness (QED) is 0.387. The van der Waals surface area contributed by atoms with Crippen LogP contribution >= 0.6 is 0 Å². The van der Waals surface area contributed by atoms with Crippen LogP contribution in [-0.2, 0) is 11.2 Å². The fraction of sp³-hybridized carbons (Fsp3) is 0.0952. The van der Waals surface area contributed by atoms with Gasteiger partial charge in [-0.1, -0.05) is 54.6 Å². The Morgan fingerprint density at radius 1 is 0.826 bits per heavy atom. The lowest BCUT2D eigenvalue weighted by Gasteiger charge is -2.10. The van der Waals surface area contributed by atoms with Crippen molar-refractivity contribution >= 4 is 5.97 Å². The largest absolute Gasteiger partial charge is 0.425 e. The maximum atomic E-state index is 12.4. The second-order valence-corrected chi connectivity index (χ2v) is 6.14. The molecule has 2 aliphatic rings. The molecule has 23 heavy (non-hydrogen) atoms. The Morgan fingerprint density at radius 3 is 2.57 bits per heavy atom. The van der Waals surface area contributed by atoms with Crippen molar-refractivity contribution in [3.8, 4) is 16.9 Å². The van der Waals surface area contributed by atoms with E-state index in [-0.39, 0.29) is 11.9 Å². The van der Waals surface area contributed by atoms with Gasteiger partial charge in [0, 0.05) is 5.56 Å². The summed E-state index contributed by atoms with van der Waals surface area (Å²) in [4.78, 5) is 12.4. The zero-order valence-electron chi connectivity index (χ0n) is 12.5. The highest BCUT2D eigenvalue weighted by Crippen LogP contribution is 2.42. The number of hydrogen-bond acceptors (Lipinski definition) is 2. The summed E-state index contributed by atoms with van der Waals surface area (Å²) in [6, 6.07) is 22.6. The number of esters is 1. The Morgan fingerprint density at radius 2 is 1.61 bits per heavy atom. The van der Waals surface area contributed by atoms with Gasteiger partial charge in [0.05, 0.1) is 0 Å². The van der Waals surface area contributed by atoms with E-state index >= 15 is 0 Å². The predicted molar refractivity (Wildman–Crippen MR) is 88.6 cm³/mol. The smallest absolute Gasteiger partial charge is 0.323 e. The Bertz CT molecular complexity index is 956. The summed E-state index contributed by atoms with van der Waals surface area (Å²) in [5.74, 6) is 0.185. The van der Waals surface area contributed by atoms with Gasteiger partial charge in [-0.3, -0.25) is 4.79 Å². The minimum atomic E-state index is -0.315. The van der Waals surface area contributed by atoms with Crippen molar-refractivity contribution in [1.82, 2.24) is 0 Å². The molecule has 1 heterocycles. The molecule has 0 bridgehead atoms. The number of para-hydroxylation sites is 1. The molecule has 1 atom stereocenters. The van der Waals surface area contributed by atoms with Crippen LogP contribution in [0.25, 0.3) is 11.1 Å². The first-order valence-corrected chi connectivity index (χ1v) is 7.83. The van der Waals surface area contributed by atoms with Crippen LogP contribution in [0.5, 0.6) is 5.75 Å². The van der Waals surface area contributed by atoms with Crippen LogP contribution in [0.4, 0.5) is 0 Å². The molecule has 110 valence electrons. The Kier molecular flexibility index (Phi) is 2.51. The zero-order chi connectivity index (χ0) is 15.4. The standard InChI is InChI=1S/C21H14O2/c22-21-20(17-7-3-4-8-19(17)23-21)15-10-9-14-11-13-5-1-2-6-16(13)18(14)12-15/h1-10,12,20H,11H2. The van der Waals surface area contributed by atoms with E-state index in [0.717, 1.165) is 17.5 Å². The van der Waals surface area contributed by atoms with Gasteiger partial charge in [-0.05, 0) is 46.4 Å². The summed E-state index contributed by atoms with van der Waals surface area (Å²) in [7, 11) is 0. The van der Waals surface area contributed by atoms with Crippen LogP contribution < -0.4 is 4.74 Å². The highest BCUT2D eigenvalue weighted by atomic mass is 16.5. The van der Waals surface area contributed by atoms with Crippen molar-refractivity contribution in [3.63, 3.8) is 0 Å². The van der Waals surface area contributed by atoms with E-state index in [2.05, 4.69) is 42.5 Å². The molecule has 5 rings (SSSR count). The average molecular weight is 298 g/mol. The highest BCUT2D eigenvalue weighted by Gasteiger charge is 2.34. The number of rotatable bonds is 1. The van der Waals surface area contributed by atoms with Crippen molar-refractivity contribution in [3.05, 3.63) is 89.0 Å². The lowest BCUT2D eigenvalue weighted by molar-refractivity contribution is -0.133. The van der Waals surface area contributed by atoms with E-state index in [1.807, 2.05) is 24.3 Å². The molecule has 1 aliphatic heterocycles. The third kappa shape index (κ3) is 1.78. The molecule has 2 nitrogen and oxygen atoms in total. The van der Waals surface area contributed by atoms with Gasteiger partial charge < -0.3 is 4.74 Å². The first-order chi connectivity index (χ1) is 11.3. The summed E-state index contributed by atoms with van der Waals surface area (Å²) >= 11 is 0. The summed E-state index contributed by atoms with van der Waals surface area (Å²) in [5.41, 5.74) is 7.18. The number of hydrogen-bond donors (Lipinski definition) is 0. The van der Waals surface area contributed by atoms with Gasteiger partial charge in [-0.15, -0.1) is 0 Å². The third-order valence-corrected chi connectivity index (χ3v) is 4.83. The number of benzene rings is 3. The predicted octanol–water partition coefficient (Wildman–Crippen LogP) is 4.31. The van der Waals surface area contributed by atoms with Crippen LogP contribution in [0.1, 0.15) is 28.2 Å². The summed E-state index contributed by atoms with van der Waals surface area (Å²) < 4.78 is 5.42. The van der Waals surface area contributed by atoms with Crippen LogP contribution in [-0.4, -0.2) is 5.97 Å². The van der Waals surface area contributed by atoms with E-state index in [1.165, 1.54) is 22.3 Å². The number of carbonyl (C=O) groups is 1. The second-order valence-electron chi connectivity index (χ2n) is 6.14. The molecular weight excluding hydrogens is 284 g/mol. The van der Waals surface area contributed by atoms with E-state index in [9.17, 15) is 4.79 Å². The third-order valence-electron chi connectivity index (χ3n) is 4.83. The van der Waals surface area contributed by atoms with E-state index in [0.29, 0.717) is 5.75 Å². The number of fused-ring (bicyclic) bond motifs is 4. The van der Waals surface area contributed by atoms with Gasteiger partial charge in [0.2, 0.25) is 0 Å². The highest BCUT2D eigenvalue weighted by molar-refractivity contribution is 5.90. The maximum Gasteiger partial charge on any atom is 0.323 e. The Balaban J connectivity index is 1.66. The summed E-state index contributed by atoms with van der Waals surface area (Å²) in [6.07, 6.45) is 0.970. The Labute approximate surface area is 134 Å². The molecule has 0 saturated heterocycles. The van der Waals surface area contributed by atoms with Crippen molar-refractivity contribution < 1.29 is 9.53 Å². The van der Waals surface area contributed by atoms with Crippen LogP contribution in [0.15, 0.2) is 66.7 Å². The molecule has 0 N–H and O–H groups in total. The number of ether oxygens (including phenoxy) is 1. The molecule has 0 amide bonds. The minimum absolute atomic E-state index is 0.183. The van der Waals surface area contributed by atoms with Gasteiger partial charge >= 0.3 is 5.97 Å². The molecule has 2 heteroatoms. The van der Waals surface area contributed by atoms with Crippen LogP contribution in [0, 0.1) is 0 Å². The lowest BCUT2D eigenvalue weighted by atomic mass is 9.90. The molecule has 3 aromatic rings. The summed E-state index contributed by atoms with van der Waals surface area (Å²) in [5, 5.41) is 0. The molecule has 0 fully saturated rings. The zero-order valence-corrected chi connectivity index (χ0v) is 12.5. The first-order valence-electron chi connectivity index (χ1n) is 7.83. The SMILES string of the molecule is O=C1Oc2ccccc2C1c1ccc2c(c1)-c1ccccc1C2. The van der Waals surface area contributed by atoms with Gasteiger partial charge in [-0.25, -0.2) is 0 Å². The number of carbonyl (C=O) groups excluding carboxylic acids is 1. The van der Waals surface area contributed by atoms with Gasteiger partial charge in [0.25, 0.3) is 0 Å². The van der Waals surface area contributed by atoms with E-state index < -0.39 is 0 Å². The topological polar surface area (TPSA) is 26.3 Å². The van der Waals surface area contributed by atoms with Gasteiger partial charge in [-0.2, -0.15) is 0 Å². The fourth-order valence-electron chi connectivity index (χ4n) is 3.74.